The van der Waals surface area contributed by atoms with E-state index >= 15 is 0 Å². The van der Waals surface area contributed by atoms with Gasteiger partial charge in [0, 0.05) is 23.1 Å². The minimum Gasteiger partial charge on any atom is -0.497 e. The van der Waals surface area contributed by atoms with Crippen LogP contribution in [-0.2, 0) is 22.4 Å². The molecule has 2 aromatic carbocycles. The first kappa shape index (κ1) is 24.0. The van der Waals surface area contributed by atoms with E-state index in [9.17, 15) is 14.9 Å². The molecule has 1 heterocycles. The fraction of sp³-hybridized carbons (Fsp3) is 0.296. The van der Waals surface area contributed by atoms with E-state index in [4.69, 9.17) is 4.74 Å². The molecule has 180 valence electrons. The molecule has 3 aromatic rings. The molecular weight excluding hydrogens is 442 g/mol. The van der Waals surface area contributed by atoms with Gasteiger partial charge in [-0.2, -0.15) is 5.26 Å². The Bertz CT molecular complexity index is 1260. The van der Waals surface area contributed by atoms with E-state index in [1.54, 1.807) is 43.3 Å². The summed E-state index contributed by atoms with van der Waals surface area (Å²) in [6.45, 7) is 0.0347. The van der Waals surface area contributed by atoms with Crippen molar-refractivity contribution in [3.05, 3.63) is 71.4 Å². The monoisotopic (exact) mass is 471 g/mol. The van der Waals surface area contributed by atoms with Gasteiger partial charge < -0.3 is 15.4 Å². The molecule has 1 aliphatic carbocycles. The van der Waals surface area contributed by atoms with Crippen LogP contribution in [0.25, 0.3) is 5.69 Å². The van der Waals surface area contributed by atoms with E-state index in [2.05, 4.69) is 16.7 Å². The summed E-state index contributed by atoms with van der Waals surface area (Å²) >= 11 is 0. The van der Waals surface area contributed by atoms with Gasteiger partial charge in [-0.15, -0.1) is 0 Å². The van der Waals surface area contributed by atoms with Crippen LogP contribution in [0.5, 0.6) is 5.75 Å². The molecule has 1 aromatic heterocycles. The van der Waals surface area contributed by atoms with Crippen LogP contribution in [-0.4, -0.2) is 48.5 Å². The van der Waals surface area contributed by atoms with Gasteiger partial charge in [-0.05, 0) is 62.6 Å². The summed E-state index contributed by atoms with van der Waals surface area (Å²) in [6.07, 6.45) is 3.76. The Morgan fingerprint density at radius 1 is 1.03 bits per heavy atom. The Labute approximate surface area is 205 Å². The van der Waals surface area contributed by atoms with Crippen LogP contribution in [0.2, 0.25) is 0 Å². The molecule has 0 saturated heterocycles. The zero-order valence-corrected chi connectivity index (χ0v) is 20.0. The van der Waals surface area contributed by atoms with E-state index < -0.39 is 0 Å². The topological polar surface area (TPSA) is 99.4 Å². The third-order valence-corrected chi connectivity index (χ3v) is 6.04. The Kier molecular flexibility index (Phi) is 7.48. The highest BCUT2D eigenvalue weighted by Gasteiger charge is 2.27. The lowest BCUT2D eigenvalue weighted by Crippen LogP contribution is -2.36. The number of rotatable bonds is 8. The number of amides is 2. The minimum absolute atomic E-state index is 0.00103. The number of nitrogens with zero attached hydrogens (tertiary/aromatic N) is 3. The molecule has 8 heteroatoms. The molecule has 0 fully saturated rings. The third-order valence-electron chi connectivity index (χ3n) is 6.04. The van der Waals surface area contributed by atoms with Gasteiger partial charge in [0.1, 0.15) is 17.6 Å². The number of anilines is 2. The van der Waals surface area contributed by atoms with E-state index in [1.165, 1.54) is 0 Å². The predicted octanol–water partition coefficient (Wildman–Crippen LogP) is 3.75. The SMILES string of the molecule is COc1cccc(NC(=O)CN(C)CC(=O)Nc2c(C#N)c3c(n2-c2ccccc2)CCCC3)c1. The number of carbonyl (C=O) groups excluding carboxylic acids is 2. The molecule has 0 unspecified atom stereocenters. The Hall–Kier alpha value is -4.09. The van der Waals surface area contributed by atoms with Gasteiger partial charge >= 0.3 is 0 Å². The fourth-order valence-corrected chi connectivity index (χ4v) is 4.52. The maximum atomic E-state index is 13.0. The molecule has 0 spiro atoms. The maximum absolute atomic E-state index is 13.0. The summed E-state index contributed by atoms with van der Waals surface area (Å²) < 4.78 is 7.18. The van der Waals surface area contributed by atoms with Crippen LogP contribution in [0.3, 0.4) is 0 Å². The summed E-state index contributed by atoms with van der Waals surface area (Å²) in [5, 5.41) is 15.7. The molecule has 35 heavy (non-hydrogen) atoms. The molecule has 0 aliphatic heterocycles. The highest BCUT2D eigenvalue weighted by Crippen LogP contribution is 2.35. The first-order valence-corrected chi connectivity index (χ1v) is 11.6. The number of aromatic nitrogens is 1. The van der Waals surface area contributed by atoms with Gasteiger partial charge in [0.15, 0.2) is 0 Å². The van der Waals surface area contributed by atoms with Gasteiger partial charge in [0.2, 0.25) is 11.8 Å². The molecule has 4 rings (SSSR count). The number of para-hydroxylation sites is 1. The van der Waals surface area contributed by atoms with E-state index in [1.807, 2.05) is 34.9 Å². The van der Waals surface area contributed by atoms with Gasteiger partial charge in [-0.3, -0.25) is 19.1 Å². The molecule has 1 aliphatic rings. The van der Waals surface area contributed by atoms with E-state index in [0.29, 0.717) is 22.8 Å². The summed E-state index contributed by atoms with van der Waals surface area (Å²) in [7, 11) is 3.27. The Balaban J connectivity index is 1.47. The standard InChI is InChI=1S/C27H29N5O3/c1-31(17-25(33)29-19-9-8-12-21(15-19)35-2)18-26(34)30-27-23(16-28)22-13-6-7-14-24(22)32(27)20-10-4-3-5-11-20/h3-5,8-12,15H,6-7,13-14,17-18H2,1-2H3,(H,29,33)(H,30,34). The lowest BCUT2D eigenvalue weighted by atomic mass is 9.95. The summed E-state index contributed by atoms with van der Waals surface area (Å²) in [5.41, 5.74) is 4.16. The number of likely N-dealkylation sites (N-methyl/N-ethyl adjacent to an activating group) is 1. The van der Waals surface area contributed by atoms with Crippen LogP contribution >= 0.6 is 0 Å². The van der Waals surface area contributed by atoms with Crippen molar-refractivity contribution in [2.75, 3.05) is 37.9 Å². The predicted molar refractivity (Wildman–Crippen MR) is 135 cm³/mol. The molecular formula is C27H29N5O3. The zero-order chi connectivity index (χ0) is 24.8. The first-order chi connectivity index (χ1) is 17.0. The van der Waals surface area contributed by atoms with Crippen LogP contribution in [0.1, 0.15) is 29.7 Å². The molecule has 0 bridgehead atoms. The second kappa shape index (κ2) is 10.9. The highest BCUT2D eigenvalue weighted by molar-refractivity contribution is 5.95. The quantitative estimate of drug-likeness (QED) is 0.521. The lowest BCUT2D eigenvalue weighted by Gasteiger charge is -2.19. The number of carbonyl (C=O) groups is 2. The smallest absolute Gasteiger partial charge is 0.239 e. The molecule has 0 saturated carbocycles. The molecule has 0 atom stereocenters. The van der Waals surface area contributed by atoms with Crippen molar-refractivity contribution in [1.29, 1.82) is 5.26 Å². The van der Waals surface area contributed by atoms with Crippen molar-refractivity contribution in [2.45, 2.75) is 25.7 Å². The number of benzene rings is 2. The van der Waals surface area contributed by atoms with E-state index in [0.717, 1.165) is 42.6 Å². The van der Waals surface area contributed by atoms with Crippen molar-refractivity contribution in [3.8, 4) is 17.5 Å². The third kappa shape index (κ3) is 5.53. The van der Waals surface area contributed by atoms with Crippen molar-refractivity contribution in [1.82, 2.24) is 9.47 Å². The summed E-state index contributed by atoms with van der Waals surface area (Å²) in [4.78, 5) is 27.1. The minimum atomic E-state index is -0.287. The van der Waals surface area contributed by atoms with Gasteiger partial charge in [-0.1, -0.05) is 24.3 Å². The van der Waals surface area contributed by atoms with Crippen molar-refractivity contribution in [2.24, 2.45) is 0 Å². The summed E-state index contributed by atoms with van der Waals surface area (Å²) in [6, 6.07) is 19.2. The second-order valence-electron chi connectivity index (χ2n) is 8.64. The lowest BCUT2D eigenvalue weighted by molar-refractivity contribution is -0.119. The first-order valence-electron chi connectivity index (χ1n) is 11.6. The Morgan fingerprint density at radius 3 is 2.46 bits per heavy atom. The number of hydrogen-bond acceptors (Lipinski definition) is 5. The zero-order valence-electron chi connectivity index (χ0n) is 20.0. The largest absolute Gasteiger partial charge is 0.497 e. The molecule has 8 nitrogen and oxygen atoms in total. The van der Waals surface area contributed by atoms with Crippen LogP contribution in [0.4, 0.5) is 11.5 Å². The van der Waals surface area contributed by atoms with Crippen LogP contribution < -0.4 is 15.4 Å². The average molecular weight is 472 g/mol. The van der Waals surface area contributed by atoms with E-state index in [-0.39, 0.29) is 24.9 Å². The molecule has 0 radical (unpaired) electrons. The normalized spacial score (nSPS) is 12.5. The second-order valence-corrected chi connectivity index (χ2v) is 8.64. The number of methoxy groups -OCH3 is 1. The summed E-state index contributed by atoms with van der Waals surface area (Å²) in [5.74, 6) is 0.623. The van der Waals surface area contributed by atoms with Crippen LogP contribution in [0, 0.1) is 11.3 Å². The van der Waals surface area contributed by atoms with Crippen molar-refractivity contribution < 1.29 is 14.3 Å². The van der Waals surface area contributed by atoms with Gasteiger partial charge in [-0.25, -0.2) is 0 Å². The number of fused-ring (bicyclic) bond motifs is 1. The van der Waals surface area contributed by atoms with Crippen molar-refractivity contribution in [3.63, 3.8) is 0 Å². The number of nitrogens with one attached hydrogen (secondary N) is 2. The highest BCUT2D eigenvalue weighted by atomic mass is 16.5. The average Bonchev–Trinajstić information content (AvgIpc) is 3.16. The number of nitriles is 1. The number of ether oxygens (including phenoxy) is 1. The number of hydrogen-bond donors (Lipinski definition) is 2. The van der Waals surface area contributed by atoms with Gasteiger partial charge in [0.05, 0.1) is 25.8 Å². The van der Waals surface area contributed by atoms with Crippen LogP contribution in [0.15, 0.2) is 54.6 Å². The molecule has 2 N–H and O–H groups in total. The molecule has 2 amide bonds. The fourth-order valence-electron chi connectivity index (χ4n) is 4.52. The Morgan fingerprint density at radius 2 is 1.74 bits per heavy atom. The van der Waals surface area contributed by atoms with Crippen molar-refractivity contribution >= 4 is 23.3 Å². The maximum Gasteiger partial charge on any atom is 0.239 e. The van der Waals surface area contributed by atoms with Gasteiger partial charge in [0.25, 0.3) is 0 Å².